The minimum absolute atomic E-state index is 0.115. The molecule has 22 heavy (non-hydrogen) atoms. The van der Waals surface area contributed by atoms with E-state index < -0.39 is 0 Å². The maximum Gasteiger partial charge on any atom is 0.187 e. The molecule has 0 saturated heterocycles. The number of rotatable bonds is 5. The lowest BCUT2D eigenvalue weighted by atomic mass is 10.1. The van der Waals surface area contributed by atoms with Gasteiger partial charge in [-0.2, -0.15) is 0 Å². The first-order valence-corrected chi connectivity index (χ1v) is 7.92. The van der Waals surface area contributed by atoms with Crippen molar-refractivity contribution < 1.29 is 5.11 Å². The normalized spacial score (nSPS) is 10.6. The van der Waals surface area contributed by atoms with Crippen LogP contribution in [0.1, 0.15) is 10.4 Å². The Morgan fingerprint density at radius 1 is 1.18 bits per heavy atom. The topological polar surface area (TPSA) is 58.0 Å². The van der Waals surface area contributed by atoms with Crippen molar-refractivity contribution in [2.24, 2.45) is 0 Å². The van der Waals surface area contributed by atoms with Crippen LogP contribution in [0.3, 0.4) is 0 Å². The molecule has 0 fully saturated rings. The van der Waals surface area contributed by atoms with Crippen LogP contribution in [0.15, 0.2) is 48.8 Å². The standard InChI is InChI=1S/C17H17N3OS/c1-12-3-2-4-14(11-12)19-17-20-16(15(22-17)7-10-21)13-5-8-18-9-6-13/h2-6,8-9,11,21H,7,10H2,1H3,(H,19,20). The molecule has 4 nitrogen and oxygen atoms in total. The summed E-state index contributed by atoms with van der Waals surface area (Å²) in [7, 11) is 0. The monoisotopic (exact) mass is 311 g/mol. The Kier molecular flexibility index (Phi) is 4.46. The van der Waals surface area contributed by atoms with E-state index in [0.717, 1.165) is 27.0 Å². The number of aliphatic hydroxyl groups is 1. The highest BCUT2D eigenvalue weighted by molar-refractivity contribution is 7.16. The second-order valence-corrected chi connectivity index (χ2v) is 6.08. The minimum Gasteiger partial charge on any atom is -0.396 e. The predicted octanol–water partition coefficient (Wildman–Crippen LogP) is 3.79. The van der Waals surface area contributed by atoms with Gasteiger partial charge >= 0.3 is 0 Å². The van der Waals surface area contributed by atoms with Crippen molar-refractivity contribution in [1.82, 2.24) is 9.97 Å². The molecular weight excluding hydrogens is 294 g/mol. The summed E-state index contributed by atoms with van der Waals surface area (Å²) in [5, 5.41) is 13.5. The lowest BCUT2D eigenvalue weighted by Gasteiger charge is -2.02. The van der Waals surface area contributed by atoms with Crippen molar-refractivity contribution in [3.05, 3.63) is 59.2 Å². The fourth-order valence-corrected chi connectivity index (χ4v) is 3.25. The second-order valence-electron chi connectivity index (χ2n) is 4.99. The average Bonchev–Trinajstić information content (AvgIpc) is 2.91. The zero-order chi connectivity index (χ0) is 15.4. The third-order valence-corrected chi connectivity index (χ3v) is 4.29. The molecule has 112 valence electrons. The number of thiazole rings is 1. The number of hydrogen-bond donors (Lipinski definition) is 2. The molecule has 0 amide bonds. The van der Waals surface area contributed by atoms with Gasteiger partial charge in [-0.15, -0.1) is 11.3 Å². The molecule has 1 aromatic carbocycles. The van der Waals surface area contributed by atoms with E-state index in [9.17, 15) is 5.11 Å². The van der Waals surface area contributed by atoms with E-state index in [1.165, 1.54) is 5.56 Å². The van der Waals surface area contributed by atoms with Gasteiger partial charge in [-0.1, -0.05) is 12.1 Å². The van der Waals surface area contributed by atoms with Crippen molar-refractivity contribution in [2.45, 2.75) is 13.3 Å². The third kappa shape index (κ3) is 3.32. The van der Waals surface area contributed by atoms with Crippen LogP contribution in [0.2, 0.25) is 0 Å². The number of aromatic nitrogens is 2. The molecule has 2 N–H and O–H groups in total. The molecular formula is C17H17N3OS. The van der Waals surface area contributed by atoms with Gasteiger partial charge in [-0.3, -0.25) is 4.98 Å². The van der Waals surface area contributed by atoms with Crippen LogP contribution in [-0.4, -0.2) is 21.7 Å². The summed E-state index contributed by atoms with van der Waals surface area (Å²) in [4.78, 5) is 9.81. The summed E-state index contributed by atoms with van der Waals surface area (Å²) < 4.78 is 0. The highest BCUT2D eigenvalue weighted by Gasteiger charge is 2.13. The number of hydrogen-bond acceptors (Lipinski definition) is 5. The first kappa shape index (κ1) is 14.7. The summed E-state index contributed by atoms with van der Waals surface area (Å²) >= 11 is 1.58. The molecule has 0 atom stereocenters. The summed E-state index contributed by atoms with van der Waals surface area (Å²) in [6, 6.07) is 12.1. The first-order chi connectivity index (χ1) is 10.8. The van der Waals surface area contributed by atoms with Gasteiger partial charge in [0.05, 0.1) is 5.69 Å². The van der Waals surface area contributed by atoms with Crippen LogP contribution >= 0.6 is 11.3 Å². The van der Waals surface area contributed by atoms with Gasteiger partial charge < -0.3 is 10.4 Å². The van der Waals surface area contributed by atoms with Crippen molar-refractivity contribution in [2.75, 3.05) is 11.9 Å². The number of benzene rings is 1. The Bertz CT molecular complexity index is 756. The number of anilines is 2. The van der Waals surface area contributed by atoms with Crippen LogP contribution in [0.4, 0.5) is 10.8 Å². The SMILES string of the molecule is Cc1cccc(Nc2nc(-c3ccncc3)c(CCO)s2)c1. The molecule has 0 aliphatic heterocycles. The smallest absolute Gasteiger partial charge is 0.187 e. The van der Waals surface area contributed by atoms with Crippen molar-refractivity contribution in [1.29, 1.82) is 0 Å². The number of pyridine rings is 1. The molecule has 3 rings (SSSR count). The van der Waals surface area contributed by atoms with Crippen LogP contribution < -0.4 is 5.32 Å². The largest absolute Gasteiger partial charge is 0.396 e. The molecule has 0 unspecified atom stereocenters. The van der Waals surface area contributed by atoms with Crippen molar-refractivity contribution in [3.8, 4) is 11.3 Å². The zero-order valence-electron chi connectivity index (χ0n) is 12.3. The molecule has 0 aliphatic rings. The molecule has 2 heterocycles. The van der Waals surface area contributed by atoms with E-state index in [2.05, 4.69) is 29.4 Å². The molecule has 0 saturated carbocycles. The fraction of sp³-hybridized carbons (Fsp3) is 0.176. The fourth-order valence-electron chi connectivity index (χ4n) is 2.26. The molecule has 0 spiro atoms. The summed E-state index contributed by atoms with van der Waals surface area (Å²) in [6.07, 6.45) is 4.11. The highest BCUT2D eigenvalue weighted by Crippen LogP contribution is 2.32. The van der Waals surface area contributed by atoms with E-state index in [0.29, 0.717) is 6.42 Å². The van der Waals surface area contributed by atoms with Gasteiger partial charge in [0.25, 0.3) is 0 Å². The van der Waals surface area contributed by atoms with E-state index in [-0.39, 0.29) is 6.61 Å². The Morgan fingerprint density at radius 2 is 2.00 bits per heavy atom. The Morgan fingerprint density at radius 3 is 2.73 bits per heavy atom. The highest BCUT2D eigenvalue weighted by atomic mass is 32.1. The van der Waals surface area contributed by atoms with Gasteiger partial charge in [-0.05, 0) is 36.8 Å². The van der Waals surface area contributed by atoms with Crippen LogP contribution in [-0.2, 0) is 6.42 Å². The Hall–Kier alpha value is -2.24. The molecule has 3 aromatic rings. The second kappa shape index (κ2) is 6.68. The van der Waals surface area contributed by atoms with Crippen LogP contribution in [0.25, 0.3) is 11.3 Å². The summed E-state index contributed by atoms with van der Waals surface area (Å²) in [5.74, 6) is 0. The maximum absolute atomic E-state index is 9.27. The van der Waals surface area contributed by atoms with E-state index in [4.69, 9.17) is 4.98 Å². The average molecular weight is 311 g/mol. The van der Waals surface area contributed by atoms with Gasteiger partial charge in [-0.25, -0.2) is 4.98 Å². The van der Waals surface area contributed by atoms with E-state index in [1.54, 1.807) is 23.7 Å². The first-order valence-electron chi connectivity index (χ1n) is 7.11. The number of aryl methyl sites for hydroxylation is 1. The minimum atomic E-state index is 0.115. The van der Waals surface area contributed by atoms with E-state index in [1.807, 2.05) is 24.3 Å². The van der Waals surface area contributed by atoms with Crippen LogP contribution in [0.5, 0.6) is 0 Å². The maximum atomic E-state index is 9.27. The lowest BCUT2D eigenvalue weighted by Crippen LogP contribution is -1.91. The van der Waals surface area contributed by atoms with Crippen LogP contribution in [0, 0.1) is 6.92 Å². The molecule has 0 radical (unpaired) electrons. The predicted molar refractivity (Wildman–Crippen MR) is 90.6 cm³/mol. The van der Waals surface area contributed by atoms with Crippen molar-refractivity contribution in [3.63, 3.8) is 0 Å². The molecule has 2 aromatic heterocycles. The van der Waals surface area contributed by atoms with E-state index >= 15 is 0 Å². The molecule has 0 bridgehead atoms. The number of nitrogens with zero attached hydrogens (tertiary/aromatic N) is 2. The Balaban J connectivity index is 1.93. The van der Waals surface area contributed by atoms with Crippen molar-refractivity contribution >= 4 is 22.2 Å². The zero-order valence-corrected chi connectivity index (χ0v) is 13.1. The molecule has 5 heteroatoms. The number of nitrogens with one attached hydrogen (secondary N) is 1. The number of aliphatic hydroxyl groups excluding tert-OH is 1. The van der Waals surface area contributed by atoms with Gasteiger partial charge in [0.15, 0.2) is 5.13 Å². The summed E-state index contributed by atoms with van der Waals surface area (Å²) in [5.41, 5.74) is 4.15. The third-order valence-electron chi connectivity index (χ3n) is 3.26. The summed E-state index contributed by atoms with van der Waals surface area (Å²) in [6.45, 7) is 2.18. The van der Waals surface area contributed by atoms with Gasteiger partial charge in [0.1, 0.15) is 0 Å². The Labute approximate surface area is 133 Å². The van der Waals surface area contributed by atoms with Gasteiger partial charge in [0.2, 0.25) is 0 Å². The van der Waals surface area contributed by atoms with Gasteiger partial charge in [0, 0.05) is 41.5 Å². The quantitative estimate of drug-likeness (QED) is 0.752. The molecule has 0 aliphatic carbocycles. The lowest BCUT2D eigenvalue weighted by molar-refractivity contribution is 0.300.